The second-order valence-electron chi connectivity index (χ2n) is 9.05. The van der Waals surface area contributed by atoms with Crippen LogP contribution >= 0.6 is 0 Å². The summed E-state index contributed by atoms with van der Waals surface area (Å²) in [6, 6.07) is 5.22. The third kappa shape index (κ3) is 5.58. The number of benzene rings is 1. The molecule has 1 fully saturated rings. The molecule has 1 aliphatic rings. The lowest BCUT2D eigenvalue weighted by Gasteiger charge is -2.36. The molecular formula is C26H27F3N4O4. The lowest BCUT2D eigenvalue weighted by molar-refractivity contribution is 0.0521. The van der Waals surface area contributed by atoms with E-state index in [1.165, 1.54) is 6.20 Å². The van der Waals surface area contributed by atoms with E-state index in [1.54, 1.807) is 12.3 Å². The quantitative estimate of drug-likeness (QED) is 0.379. The van der Waals surface area contributed by atoms with Gasteiger partial charge in [-0.25, -0.2) is 18.2 Å². The van der Waals surface area contributed by atoms with Crippen LogP contribution in [0.1, 0.15) is 41.7 Å². The van der Waals surface area contributed by atoms with Crippen molar-refractivity contribution in [3.63, 3.8) is 0 Å². The summed E-state index contributed by atoms with van der Waals surface area (Å²) in [5.41, 5.74) is 5.48. The second-order valence-corrected chi connectivity index (χ2v) is 9.05. The molecule has 37 heavy (non-hydrogen) atoms. The molecule has 1 amide bonds. The molecule has 3 aromatic rings. The van der Waals surface area contributed by atoms with Gasteiger partial charge in [0.25, 0.3) is 5.91 Å². The van der Waals surface area contributed by atoms with Crippen LogP contribution in [-0.4, -0.2) is 51.4 Å². The van der Waals surface area contributed by atoms with Crippen LogP contribution < -0.4 is 15.8 Å². The molecule has 2 heterocycles. The summed E-state index contributed by atoms with van der Waals surface area (Å²) in [4.78, 5) is 21.1. The molecule has 196 valence electrons. The van der Waals surface area contributed by atoms with E-state index in [-0.39, 0.29) is 24.1 Å². The number of nitrogens with two attached hydrogens (primary N) is 1. The molecule has 4 unspecified atom stereocenters. The largest absolute Gasteiger partial charge is 0.488 e. The van der Waals surface area contributed by atoms with Gasteiger partial charge in [-0.3, -0.25) is 9.78 Å². The van der Waals surface area contributed by atoms with Gasteiger partial charge in [0.15, 0.2) is 11.6 Å². The van der Waals surface area contributed by atoms with Crippen molar-refractivity contribution in [3.05, 3.63) is 71.4 Å². The Labute approximate surface area is 211 Å². The number of amides is 1. The highest BCUT2D eigenvalue weighted by atomic mass is 19.1. The van der Waals surface area contributed by atoms with Gasteiger partial charge in [-0.15, -0.1) is 0 Å². The van der Waals surface area contributed by atoms with Crippen LogP contribution in [-0.2, 0) is 0 Å². The molecule has 0 radical (unpaired) electrons. The fourth-order valence-electron chi connectivity index (χ4n) is 4.64. The SMILES string of the molecule is CC1CC(c2ccncc2NC(=O)c2ccc(F)c(-c3c(F)ccc(OCCO)c3F)n2)CC(N)C1O. The fourth-order valence-corrected chi connectivity index (χ4v) is 4.64. The molecule has 4 atom stereocenters. The van der Waals surface area contributed by atoms with Gasteiger partial charge in [0, 0.05) is 12.2 Å². The highest BCUT2D eigenvalue weighted by Crippen LogP contribution is 2.39. The molecular weight excluding hydrogens is 489 g/mol. The minimum absolute atomic E-state index is 0.0475. The molecule has 4 rings (SSSR count). The Morgan fingerprint density at radius 1 is 1.16 bits per heavy atom. The maximum absolute atomic E-state index is 15.0. The van der Waals surface area contributed by atoms with Crippen LogP contribution in [0.3, 0.4) is 0 Å². The van der Waals surface area contributed by atoms with Crippen LogP contribution in [0.25, 0.3) is 11.3 Å². The van der Waals surface area contributed by atoms with Gasteiger partial charge in [0.2, 0.25) is 0 Å². The first kappa shape index (κ1) is 26.5. The standard InChI is InChI=1S/C26H27F3N4O4/c1-13-10-14(11-18(30)25(13)35)15-6-7-31-12-20(15)33-26(36)19-4-2-17(28)24(32-19)22-16(27)3-5-21(23(22)29)37-9-8-34/h2-7,12-14,18,25,34-35H,8-11,30H2,1H3,(H,33,36). The number of aliphatic hydroxyl groups excluding tert-OH is 2. The van der Waals surface area contributed by atoms with Gasteiger partial charge >= 0.3 is 0 Å². The zero-order valence-electron chi connectivity index (χ0n) is 20.0. The third-order valence-corrected chi connectivity index (χ3v) is 6.50. The van der Waals surface area contributed by atoms with Crippen molar-refractivity contribution in [2.24, 2.45) is 11.7 Å². The van der Waals surface area contributed by atoms with E-state index in [0.29, 0.717) is 18.5 Å². The highest BCUT2D eigenvalue weighted by molar-refractivity contribution is 6.03. The van der Waals surface area contributed by atoms with Crippen molar-refractivity contribution in [1.29, 1.82) is 0 Å². The van der Waals surface area contributed by atoms with Crippen molar-refractivity contribution in [2.45, 2.75) is 37.8 Å². The third-order valence-electron chi connectivity index (χ3n) is 6.50. The number of nitrogens with zero attached hydrogens (tertiary/aromatic N) is 2. The monoisotopic (exact) mass is 516 g/mol. The summed E-state index contributed by atoms with van der Waals surface area (Å²) < 4.78 is 49.2. The minimum Gasteiger partial charge on any atom is -0.488 e. The maximum atomic E-state index is 15.0. The molecule has 1 aromatic carbocycles. The van der Waals surface area contributed by atoms with Crippen molar-refractivity contribution in [3.8, 4) is 17.0 Å². The number of ether oxygens (including phenoxy) is 1. The number of halogens is 3. The van der Waals surface area contributed by atoms with Gasteiger partial charge in [-0.2, -0.15) is 0 Å². The van der Waals surface area contributed by atoms with Gasteiger partial charge < -0.3 is 26.0 Å². The average Bonchev–Trinajstić information content (AvgIpc) is 2.88. The summed E-state index contributed by atoms with van der Waals surface area (Å²) in [5.74, 6) is -4.58. The normalized spacial score (nSPS) is 21.5. The zero-order chi connectivity index (χ0) is 26.7. The smallest absolute Gasteiger partial charge is 0.274 e. The molecule has 8 nitrogen and oxygen atoms in total. The number of pyridine rings is 2. The molecule has 0 spiro atoms. The fraction of sp³-hybridized carbons (Fsp3) is 0.346. The number of aliphatic hydroxyl groups is 2. The molecule has 0 aliphatic heterocycles. The van der Waals surface area contributed by atoms with Crippen molar-refractivity contribution < 1.29 is 32.9 Å². The predicted molar refractivity (Wildman–Crippen MR) is 129 cm³/mol. The Bertz CT molecular complexity index is 1280. The number of nitrogens with one attached hydrogen (secondary N) is 1. The summed E-state index contributed by atoms with van der Waals surface area (Å²) >= 11 is 0. The van der Waals surface area contributed by atoms with Crippen LogP contribution in [0, 0.1) is 23.4 Å². The first-order valence-electron chi connectivity index (χ1n) is 11.8. The molecule has 1 aliphatic carbocycles. The number of hydrogen-bond donors (Lipinski definition) is 4. The van der Waals surface area contributed by atoms with Crippen LogP contribution in [0.5, 0.6) is 5.75 Å². The predicted octanol–water partition coefficient (Wildman–Crippen LogP) is 3.39. The van der Waals surface area contributed by atoms with Gasteiger partial charge in [0.05, 0.1) is 30.2 Å². The summed E-state index contributed by atoms with van der Waals surface area (Å²) in [7, 11) is 0. The molecule has 11 heteroatoms. The molecule has 1 saturated carbocycles. The molecule has 2 aromatic heterocycles. The lowest BCUT2D eigenvalue weighted by Crippen LogP contribution is -2.44. The Morgan fingerprint density at radius 2 is 1.92 bits per heavy atom. The van der Waals surface area contributed by atoms with E-state index in [0.717, 1.165) is 29.8 Å². The Morgan fingerprint density at radius 3 is 2.65 bits per heavy atom. The number of anilines is 1. The molecule has 0 saturated heterocycles. The van der Waals surface area contributed by atoms with Gasteiger partial charge in [0.1, 0.15) is 29.6 Å². The molecule has 5 N–H and O–H groups in total. The van der Waals surface area contributed by atoms with Crippen molar-refractivity contribution in [1.82, 2.24) is 9.97 Å². The molecule has 0 bridgehead atoms. The first-order chi connectivity index (χ1) is 17.7. The topological polar surface area (TPSA) is 131 Å². The highest BCUT2D eigenvalue weighted by Gasteiger charge is 2.34. The number of hydrogen-bond acceptors (Lipinski definition) is 7. The number of carbonyl (C=O) groups is 1. The van der Waals surface area contributed by atoms with E-state index in [9.17, 15) is 23.1 Å². The van der Waals surface area contributed by atoms with E-state index in [1.807, 2.05) is 6.92 Å². The maximum Gasteiger partial charge on any atom is 0.274 e. The van der Waals surface area contributed by atoms with Gasteiger partial charge in [-0.1, -0.05) is 6.92 Å². The van der Waals surface area contributed by atoms with Crippen LogP contribution in [0.4, 0.5) is 18.9 Å². The van der Waals surface area contributed by atoms with E-state index in [2.05, 4.69) is 15.3 Å². The summed E-state index contributed by atoms with van der Waals surface area (Å²) in [5, 5.41) is 21.8. The van der Waals surface area contributed by atoms with Gasteiger partial charge in [-0.05, 0) is 60.6 Å². The minimum atomic E-state index is -1.21. The first-order valence-corrected chi connectivity index (χ1v) is 11.8. The Hall–Kier alpha value is -3.54. The lowest BCUT2D eigenvalue weighted by atomic mass is 9.74. The van der Waals surface area contributed by atoms with Crippen molar-refractivity contribution in [2.75, 3.05) is 18.5 Å². The van der Waals surface area contributed by atoms with Crippen LogP contribution in [0.2, 0.25) is 0 Å². The number of carbonyl (C=O) groups excluding carboxylic acids is 1. The Kier molecular flexibility index (Phi) is 8.06. The number of rotatable bonds is 7. The second kappa shape index (κ2) is 11.2. The van der Waals surface area contributed by atoms with Crippen molar-refractivity contribution >= 4 is 11.6 Å². The zero-order valence-corrected chi connectivity index (χ0v) is 20.0. The van der Waals surface area contributed by atoms with E-state index < -0.39 is 59.1 Å². The van der Waals surface area contributed by atoms with E-state index in [4.69, 9.17) is 15.6 Å². The average molecular weight is 517 g/mol. The van der Waals surface area contributed by atoms with Crippen LogP contribution in [0.15, 0.2) is 42.7 Å². The number of aromatic nitrogens is 2. The summed E-state index contributed by atoms with van der Waals surface area (Å²) in [6.07, 6.45) is 3.57. The Balaban J connectivity index is 1.64. The summed E-state index contributed by atoms with van der Waals surface area (Å²) in [6.45, 7) is 1.25. The van der Waals surface area contributed by atoms with E-state index >= 15 is 0 Å².